The van der Waals surface area contributed by atoms with E-state index in [0.717, 1.165) is 70.6 Å². The fraction of sp³-hybridized carbons (Fsp3) is 0.796. The maximum atomic E-state index is 12.7. The van der Waals surface area contributed by atoms with Crippen molar-refractivity contribution in [3.05, 3.63) is 60.8 Å². The van der Waals surface area contributed by atoms with E-state index in [9.17, 15) is 14.3 Å². The second-order valence-corrected chi connectivity index (χ2v) is 19.9. The van der Waals surface area contributed by atoms with Crippen molar-refractivity contribution in [1.82, 2.24) is 0 Å². The smallest absolute Gasteiger partial charge is 0.306 e. The van der Waals surface area contributed by atoms with Gasteiger partial charge in [-0.05, 0) is 83.5 Å². The molecule has 368 valence electrons. The Morgan fingerprint density at radius 2 is 0.873 bits per heavy atom. The lowest BCUT2D eigenvalue weighted by Gasteiger charge is -2.28. The number of carbonyl (C=O) groups excluding carboxylic acids is 1. The Morgan fingerprint density at radius 1 is 0.492 bits per heavy atom. The van der Waals surface area contributed by atoms with Gasteiger partial charge in [0.15, 0.2) is 0 Å². The van der Waals surface area contributed by atoms with E-state index in [4.69, 9.17) is 18.5 Å². The van der Waals surface area contributed by atoms with Gasteiger partial charge in [0.2, 0.25) is 0 Å². The second kappa shape index (κ2) is 46.7. The zero-order chi connectivity index (χ0) is 46.2. The molecular weight excluding hydrogens is 806 g/mol. The van der Waals surface area contributed by atoms with Gasteiger partial charge in [0.05, 0.1) is 34.4 Å². The van der Waals surface area contributed by atoms with E-state index in [-0.39, 0.29) is 25.8 Å². The molecule has 0 saturated heterocycles. The molecule has 2 unspecified atom stereocenters. The second-order valence-electron chi connectivity index (χ2n) is 18.5. The van der Waals surface area contributed by atoms with Crippen LogP contribution in [0.5, 0.6) is 0 Å². The quantitative estimate of drug-likeness (QED) is 0.0197. The van der Waals surface area contributed by atoms with E-state index >= 15 is 0 Å². The minimum atomic E-state index is -4.54. The number of hydrogen-bond donors (Lipinski definition) is 0. The molecule has 0 aliphatic rings. The Bertz CT molecular complexity index is 1190. The first-order valence-electron chi connectivity index (χ1n) is 26.0. The van der Waals surface area contributed by atoms with Crippen molar-refractivity contribution in [3.8, 4) is 0 Å². The molecule has 0 spiro atoms. The van der Waals surface area contributed by atoms with E-state index in [1.807, 2.05) is 21.1 Å². The van der Waals surface area contributed by atoms with E-state index in [1.165, 1.54) is 128 Å². The normalized spacial score (nSPS) is 14.1. The number of rotatable bonds is 48. The molecule has 0 amide bonds. The van der Waals surface area contributed by atoms with E-state index < -0.39 is 13.9 Å². The van der Waals surface area contributed by atoms with Crippen molar-refractivity contribution in [3.63, 3.8) is 0 Å². The highest BCUT2D eigenvalue weighted by Crippen LogP contribution is 2.38. The van der Waals surface area contributed by atoms with E-state index in [0.29, 0.717) is 24.1 Å². The standard InChI is InChI=1S/C54H100NO7P/c1-6-8-10-12-14-16-18-20-22-23-24-25-26-27-28-29-30-31-32-34-36-38-40-42-44-46-49-59-51-53(52-61-63(57,58)60-50-48-55(3,4)5)62-54(56)47-45-43-41-39-37-35-33-21-19-17-15-13-11-9-7-2/h15,17-18,20-21,23-24,26-27,33,53H,6-14,16,19,22,25,28-32,34-52H2,1-5H3/b17-15-,20-18-,24-23-,27-26-,33-21-. The molecule has 0 heterocycles. The third kappa shape index (κ3) is 51.1. The predicted molar refractivity (Wildman–Crippen MR) is 268 cm³/mol. The van der Waals surface area contributed by atoms with Crippen molar-refractivity contribution in [2.75, 3.05) is 54.1 Å². The SMILES string of the molecule is CCCCC/C=C\C/C=C\CCCCCCCC(=O)OC(COCCCCCCCCCCCCC/C=C\C/C=C\C/C=C\CCCCCCC)COP(=O)([O-])OCC[N+](C)(C)C. The number of ether oxygens (including phenoxy) is 2. The Morgan fingerprint density at radius 3 is 1.33 bits per heavy atom. The molecule has 0 N–H and O–H groups in total. The number of hydrogen-bond acceptors (Lipinski definition) is 7. The largest absolute Gasteiger partial charge is 0.756 e. The lowest BCUT2D eigenvalue weighted by atomic mass is 10.1. The first-order chi connectivity index (χ1) is 30.6. The van der Waals surface area contributed by atoms with Gasteiger partial charge in [-0.25, -0.2) is 0 Å². The first-order valence-corrected chi connectivity index (χ1v) is 27.5. The Hall–Kier alpha value is -1.80. The summed E-state index contributed by atoms with van der Waals surface area (Å²) in [7, 11) is 1.34. The molecule has 0 aromatic rings. The third-order valence-corrected chi connectivity index (χ3v) is 12.0. The van der Waals surface area contributed by atoms with Crippen molar-refractivity contribution in [2.45, 2.75) is 225 Å². The van der Waals surface area contributed by atoms with Crippen LogP contribution in [0.4, 0.5) is 0 Å². The molecule has 63 heavy (non-hydrogen) atoms. The van der Waals surface area contributed by atoms with Gasteiger partial charge >= 0.3 is 5.97 Å². The summed E-state index contributed by atoms with van der Waals surface area (Å²) in [4.78, 5) is 25.1. The van der Waals surface area contributed by atoms with Gasteiger partial charge in [0.25, 0.3) is 7.82 Å². The summed E-state index contributed by atoms with van der Waals surface area (Å²) in [6.45, 7) is 5.36. The average Bonchev–Trinajstić information content (AvgIpc) is 3.24. The Kier molecular flexibility index (Phi) is 45.4. The van der Waals surface area contributed by atoms with Crippen LogP contribution in [-0.2, 0) is 27.9 Å². The number of carbonyl (C=O) groups is 1. The van der Waals surface area contributed by atoms with E-state index in [2.05, 4.69) is 74.6 Å². The number of allylic oxidation sites excluding steroid dienone is 10. The summed E-state index contributed by atoms with van der Waals surface area (Å²) in [5.74, 6) is -0.349. The van der Waals surface area contributed by atoms with Crippen LogP contribution in [0.25, 0.3) is 0 Å². The van der Waals surface area contributed by atoms with Crippen LogP contribution < -0.4 is 4.89 Å². The molecule has 2 atom stereocenters. The number of esters is 1. The van der Waals surface area contributed by atoms with Crippen LogP contribution in [-0.4, -0.2) is 70.7 Å². The van der Waals surface area contributed by atoms with Gasteiger partial charge in [-0.2, -0.15) is 0 Å². The molecule has 0 rings (SSSR count). The number of unbranched alkanes of at least 4 members (excludes halogenated alkanes) is 24. The Balaban J connectivity index is 4.11. The lowest BCUT2D eigenvalue weighted by molar-refractivity contribution is -0.870. The Labute approximate surface area is 390 Å². The molecule has 0 aromatic carbocycles. The van der Waals surface area contributed by atoms with Crippen molar-refractivity contribution >= 4 is 13.8 Å². The topological polar surface area (TPSA) is 94.1 Å². The highest BCUT2D eigenvalue weighted by atomic mass is 31.2. The minimum absolute atomic E-state index is 0.0207. The summed E-state index contributed by atoms with van der Waals surface area (Å²) in [6, 6.07) is 0. The summed E-state index contributed by atoms with van der Waals surface area (Å²) in [5, 5.41) is 0. The van der Waals surface area contributed by atoms with Crippen LogP contribution in [0.3, 0.4) is 0 Å². The molecule has 0 aromatic heterocycles. The maximum Gasteiger partial charge on any atom is 0.306 e. The van der Waals surface area contributed by atoms with Crippen LogP contribution >= 0.6 is 7.82 Å². The van der Waals surface area contributed by atoms with Crippen molar-refractivity contribution in [2.24, 2.45) is 0 Å². The molecule has 9 heteroatoms. The van der Waals surface area contributed by atoms with Crippen molar-refractivity contribution in [1.29, 1.82) is 0 Å². The zero-order valence-corrected chi connectivity index (χ0v) is 42.7. The summed E-state index contributed by atoms with van der Waals surface area (Å²) < 4.78 is 34.7. The highest BCUT2D eigenvalue weighted by molar-refractivity contribution is 7.45. The fourth-order valence-corrected chi connectivity index (χ4v) is 7.72. The molecule has 0 saturated carbocycles. The molecule has 0 bridgehead atoms. The monoisotopic (exact) mass is 906 g/mol. The minimum Gasteiger partial charge on any atom is -0.756 e. The van der Waals surface area contributed by atoms with Crippen LogP contribution in [0, 0.1) is 0 Å². The van der Waals surface area contributed by atoms with Gasteiger partial charge in [0, 0.05) is 13.0 Å². The van der Waals surface area contributed by atoms with Crippen LogP contribution in [0.2, 0.25) is 0 Å². The molecule has 0 fully saturated rings. The summed E-state index contributed by atoms with van der Waals surface area (Å²) in [6.07, 6.45) is 59.6. The number of nitrogens with zero attached hydrogens (tertiary/aromatic N) is 1. The molecular formula is C54H100NO7P. The highest BCUT2D eigenvalue weighted by Gasteiger charge is 2.20. The van der Waals surface area contributed by atoms with Crippen LogP contribution in [0.15, 0.2) is 60.8 Å². The number of quaternary nitrogens is 1. The lowest BCUT2D eigenvalue weighted by Crippen LogP contribution is -2.37. The molecule has 0 radical (unpaired) electrons. The summed E-state index contributed by atoms with van der Waals surface area (Å²) in [5.41, 5.74) is 0. The molecule has 8 nitrogen and oxygen atoms in total. The van der Waals surface area contributed by atoms with Gasteiger partial charge in [0.1, 0.15) is 19.3 Å². The first kappa shape index (κ1) is 61.2. The van der Waals surface area contributed by atoms with Gasteiger partial charge < -0.3 is 27.9 Å². The zero-order valence-electron chi connectivity index (χ0n) is 41.8. The maximum absolute atomic E-state index is 12.7. The molecule has 0 aliphatic heterocycles. The van der Waals surface area contributed by atoms with Crippen molar-refractivity contribution < 1.29 is 37.3 Å². The van der Waals surface area contributed by atoms with Gasteiger partial charge in [-0.1, -0.05) is 190 Å². The van der Waals surface area contributed by atoms with Crippen LogP contribution in [0.1, 0.15) is 219 Å². The average molecular weight is 906 g/mol. The molecule has 0 aliphatic carbocycles. The summed E-state index contributed by atoms with van der Waals surface area (Å²) >= 11 is 0. The number of phosphoric acid groups is 1. The predicted octanol–water partition coefficient (Wildman–Crippen LogP) is 15.4. The van der Waals surface area contributed by atoms with Gasteiger partial charge in [-0.15, -0.1) is 0 Å². The third-order valence-electron chi connectivity index (χ3n) is 11.0. The number of likely N-dealkylation sites (N-methyl/N-ethyl adjacent to an activating group) is 1. The van der Waals surface area contributed by atoms with Gasteiger partial charge in [-0.3, -0.25) is 9.36 Å². The fourth-order valence-electron chi connectivity index (χ4n) is 7.00. The number of phosphoric ester groups is 1. The van der Waals surface area contributed by atoms with E-state index in [1.54, 1.807) is 0 Å².